The average molecular weight is 271 g/mol. The van der Waals surface area contributed by atoms with Crippen molar-refractivity contribution in [3.8, 4) is 5.75 Å². The van der Waals surface area contributed by atoms with Crippen LogP contribution in [0.5, 0.6) is 5.75 Å². The SMILES string of the molecule is Cc1ccc(O)cc1[C@]12CCCC[C@@H]1[C@H]1N(C)[C@@]1(C)C2. The third-order valence-corrected chi connectivity index (χ3v) is 6.70. The van der Waals surface area contributed by atoms with Crippen LogP contribution in [0.3, 0.4) is 0 Å². The molecule has 20 heavy (non-hydrogen) atoms. The number of hydrogen-bond donors (Lipinski definition) is 1. The highest BCUT2D eigenvalue weighted by Crippen LogP contribution is 2.67. The first kappa shape index (κ1) is 12.7. The Hall–Kier alpha value is -1.02. The first-order valence-electron chi connectivity index (χ1n) is 8.02. The van der Waals surface area contributed by atoms with Gasteiger partial charge in [-0.1, -0.05) is 18.9 Å². The maximum Gasteiger partial charge on any atom is 0.115 e. The molecule has 3 fully saturated rings. The Morgan fingerprint density at radius 1 is 1.30 bits per heavy atom. The Morgan fingerprint density at radius 3 is 2.90 bits per heavy atom. The van der Waals surface area contributed by atoms with Crippen molar-refractivity contribution in [3.05, 3.63) is 29.3 Å². The molecule has 1 aliphatic heterocycles. The molecule has 2 aliphatic carbocycles. The van der Waals surface area contributed by atoms with Gasteiger partial charge in [-0.2, -0.15) is 0 Å². The number of aryl methyl sites for hydroxylation is 1. The molecule has 2 heteroatoms. The van der Waals surface area contributed by atoms with E-state index in [0.717, 1.165) is 12.0 Å². The number of nitrogens with zero attached hydrogens (tertiary/aromatic N) is 1. The highest BCUT2D eigenvalue weighted by Gasteiger charge is 2.72. The molecule has 1 unspecified atom stereocenters. The zero-order valence-electron chi connectivity index (χ0n) is 12.8. The van der Waals surface area contributed by atoms with E-state index in [0.29, 0.717) is 16.7 Å². The molecule has 1 saturated heterocycles. The maximum absolute atomic E-state index is 9.97. The van der Waals surface area contributed by atoms with Gasteiger partial charge < -0.3 is 5.11 Å². The summed E-state index contributed by atoms with van der Waals surface area (Å²) in [5.41, 5.74) is 3.53. The Labute approximate surface area is 121 Å². The quantitative estimate of drug-likeness (QED) is 0.789. The van der Waals surface area contributed by atoms with Gasteiger partial charge in [-0.05, 0) is 69.3 Å². The van der Waals surface area contributed by atoms with Crippen molar-refractivity contribution in [2.45, 2.75) is 62.9 Å². The molecule has 0 aromatic heterocycles. The predicted molar refractivity (Wildman–Crippen MR) is 81.1 cm³/mol. The van der Waals surface area contributed by atoms with E-state index >= 15 is 0 Å². The second-order valence-electron chi connectivity index (χ2n) is 7.60. The fraction of sp³-hybridized carbons (Fsp3) is 0.667. The number of benzene rings is 1. The van der Waals surface area contributed by atoms with E-state index in [2.05, 4.69) is 37.9 Å². The lowest BCUT2D eigenvalue weighted by molar-refractivity contribution is 0.159. The molecule has 1 aromatic carbocycles. The summed E-state index contributed by atoms with van der Waals surface area (Å²) in [6, 6.07) is 6.75. The molecule has 0 bridgehead atoms. The Balaban J connectivity index is 1.84. The largest absolute Gasteiger partial charge is 0.508 e. The minimum absolute atomic E-state index is 0.326. The highest BCUT2D eigenvalue weighted by molar-refractivity contribution is 5.45. The van der Waals surface area contributed by atoms with Gasteiger partial charge in [0.1, 0.15) is 5.75 Å². The molecule has 4 rings (SSSR count). The number of rotatable bonds is 1. The van der Waals surface area contributed by atoms with Gasteiger partial charge in [0.15, 0.2) is 0 Å². The van der Waals surface area contributed by atoms with Gasteiger partial charge in [0.05, 0.1) is 0 Å². The minimum atomic E-state index is 0.326. The van der Waals surface area contributed by atoms with Crippen LogP contribution in [0.4, 0.5) is 0 Å². The standard InChI is InChI=1S/C18H25NO/c1-12-7-8-13(20)10-15(12)18-9-5-4-6-14(18)16-17(2,11-18)19(16)3/h7-8,10,14,16,20H,4-6,9,11H2,1-3H3/t14-,16-,17+,18+,19?/m1/s1. The predicted octanol–water partition coefficient (Wildman–Crippen LogP) is 3.61. The van der Waals surface area contributed by atoms with Crippen LogP contribution in [0.25, 0.3) is 0 Å². The molecule has 108 valence electrons. The molecule has 0 spiro atoms. The Morgan fingerprint density at radius 2 is 2.10 bits per heavy atom. The molecule has 3 aliphatic rings. The zero-order valence-corrected chi connectivity index (χ0v) is 12.8. The van der Waals surface area contributed by atoms with Crippen molar-refractivity contribution in [1.82, 2.24) is 4.90 Å². The first-order chi connectivity index (χ1) is 9.49. The molecule has 2 nitrogen and oxygen atoms in total. The fourth-order valence-corrected chi connectivity index (χ4v) is 5.73. The van der Waals surface area contributed by atoms with Crippen LogP contribution < -0.4 is 0 Å². The summed E-state index contributed by atoms with van der Waals surface area (Å²) in [4.78, 5) is 2.58. The summed E-state index contributed by atoms with van der Waals surface area (Å²) in [5.74, 6) is 1.22. The Bertz CT molecular complexity index is 569. The lowest BCUT2D eigenvalue weighted by Crippen LogP contribution is -2.40. The van der Waals surface area contributed by atoms with Gasteiger partial charge in [-0.25, -0.2) is 0 Å². The summed E-state index contributed by atoms with van der Waals surface area (Å²) in [5, 5.41) is 9.97. The molecule has 1 aromatic rings. The lowest BCUT2D eigenvalue weighted by atomic mass is 9.62. The number of likely N-dealkylation sites (tertiary alicyclic amines) is 1. The Kier molecular flexibility index (Phi) is 2.41. The molecular weight excluding hydrogens is 246 g/mol. The second-order valence-corrected chi connectivity index (χ2v) is 7.60. The smallest absolute Gasteiger partial charge is 0.115 e. The van der Waals surface area contributed by atoms with E-state index in [4.69, 9.17) is 0 Å². The lowest BCUT2D eigenvalue weighted by Gasteiger charge is -2.44. The third kappa shape index (κ3) is 1.38. The van der Waals surface area contributed by atoms with Crippen LogP contribution in [0.2, 0.25) is 0 Å². The van der Waals surface area contributed by atoms with Crippen molar-refractivity contribution >= 4 is 0 Å². The molecule has 0 radical (unpaired) electrons. The normalized spacial score (nSPS) is 45.9. The van der Waals surface area contributed by atoms with E-state index in [1.165, 1.54) is 43.2 Å². The summed E-state index contributed by atoms with van der Waals surface area (Å²) < 4.78 is 0. The number of phenolic OH excluding ortho intramolecular Hbond substituents is 1. The van der Waals surface area contributed by atoms with Crippen molar-refractivity contribution in [3.63, 3.8) is 0 Å². The topological polar surface area (TPSA) is 23.2 Å². The monoisotopic (exact) mass is 271 g/mol. The van der Waals surface area contributed by atoms with Gasteiger partial charge in [0.25, 0.3) is 0 Å². The van der Waals surface area contributed by atoms with E-state index in [-0.39, 0.29) is 0 Å². The summed E-state index contributed by atoms with van der Waals surface area (Å²) in [6.07, 6.45) is 6.67. The number of fused-ring (bicyclic) bond motifs is 3. The maximum atomic E-state index is 9.97. The first-order valence-corrected chi connectivity index (χ1v) is 8.02. The second kappa shape index (κ2) is 3.79. The number of aromatic hydroxyl groups is 1. The van der Waals surface area contributed by atoms with Crippen LogP contribution in [-0.2, 0) is 5.41 Å². The van der Waals surface area contributed by atoms with Gasteiger partial charge in [-0.15, -0.1) is 0 Å². The van der Waals surface area contributed by atoms with Crippen LogP contribution in [-0.4, -0.2) is 28.6 Å². The summed E-state index contributed by atoms with van der Waals surface area (Å²) in [7, 11) is 2.29. The van der Waals surface area contributed by atoms with E-state index in [9.17, 15) is 5.11 Å². The van der Waals surface area contributed by atoms with Crippen LogP contribution in [0.1, 0.15) is 50.2 Å². The minimum Gasteiger partial charge on any atom is -0.508 e. The molecule has 1 N–H and O–H groups in total. The molecule has 2 saturated carbocycles. The summed E-state index contributed by atoms with van der Waals surface area (Å²) in [6.45, 7) is 4.65. The molecule has 5 atom stereocenters. The number of hydrogen-bond acceptors (Lipinski definition) is 2. The number of likely N-dealkylation sites (N-methyl/N-ethyl adjacent to an activating group) is 1. The van der Waals surface area contributed by atoms with Crippen LogP contribution in [0, 0.1) is 12.8 Å². The van der Waals surface area contributed by atoms with Gasteiger partial charge in [0.2, 0.25) is 0 Å². The number of phenols is 1. The van der Waals surface area contributed by atoms with Gasteiger partial charge in [-0.3, -0.25) is 4.90 Å². The van der Waals surface area contributed by atoms with Crippen LogP contribution >= 0.6 is 0 Å². The molecule has 0 amide bonds. The number of piperidine rings is 1. The summed E-state index contributed by atoms with van der Waals surface area (Å²) >= 11 is 0. The van der Waals surface area contributed by atoms with Crippen molar-refractivity contribution in [2.24, 2.45) is 5.92 Å². The average Bonchev–Trinajstić information content (AvgIpc) is 2.81. The fourth-order valence-electron chi connectivity index (χ4n) is 5.73. The highest BCUT2D eigenvalue weighted by atomic mass is 16.3. The van der Waals surface area contributed by atoms with E-state index in [1.807, 2.05) is 6.07 Å². The van der Waals surface area contributed by atoms with E-state index < -0.39 is 0 Å². The van der Waals surface area contributed by atoms with Crippen molar-refractivity contribution in [1.29, 1.82) is 0 Å². The third-order valence-electron chi connectivity index (χ3n) is 6.70. The van der Waals surface area contributed by atoms with Crippen molar-refractivity contribution in [2.75, 3.05) is 7.05 Å². The van der Waals surface area contributed by atoms with Gasteiger partial charge >= 0.3 is 0 Å². The van der Waals surface area contributed by atoms with Crippen LogP contribution in [0.15, 0.2) is 18.2 Å². The molecular formula is C18H25NO. The van der Waals surface area contributed by atoms with E-state index in [1.54, 1.807) is 0 Å². The van der Waals surface area contributed by atoms with Gasteiger partial charge in [0, 0.05) is 17.0 Å². The molecule has 1 heterocycles. The zero-order chi connectivity index (χ0) is 14.1. The van der Waals surface area contributed by atoms with Crippen molar-refractivity contribution < 1.29 is 5.11 Å².